The van der Waals surface area contributed by atoms with E-state index in [-0.39, 0.29) is 0 Å². The molecule has 0 unspecified atom stereocenters. The third-order valence-electron chi connectivity index (χ3n) is 10.9. The summed E-state index contributed by atoms with van der Waals surface area (Å²) in [6, 6.07) is 86.0. The van der Waals surface area contributed by atoms with Crippen molar-refractivity contribution in [3.8, 4) is 11.1 Å². The van der Waals surface area contributed by atoms with Crippen LogP contribution in [-0.2, 0) is 12.8 Å². The van der Waals surface area contributed by atoms with Gasteiger partial charge in [0.15, 0.2) is 0 Å². The molecule has 8 rings (SSSR count). The van der Waals surface area contributed by atoms with Crippen molar-refractivity contribution in [2.24, 2.45) is 0 Å². The van der Waals surface area contributed by atoms with Gasteiger partial charge in [-0.2, -0.15) is 0 Å². The maximum absolute atomic E-state index is 2.37. The molecule has 0 bridgehead atoms. The second kappa shape index (κ2) is 16.7. The minimum absolute atomic E-state index is 0.978. The van der Waals surface area contributed by atoms with Crippen molar-refractivity contribution in [3.05, 3.63) is 242 Å². The maximum Gasteiger partial charge on any atom is 0.112 e. The Morgan fingerprint density at radius 3 is 0.667 bits per heavy atom. The van der Waals surface area contributed by atoms with Gasteiger partial charge in [0.05, 0.1) is 12.3 Å². The van der Waals surface area contributed by atoms with Crippen LogP contribution in [0, 0.1) is 0 Å². The summed E-state index contributed by atoms with van der Waals surface area (Å²) in [6.07, 6.45) is 4.06. The molecule has 0 spiro atoms. The molecular weight excluding hydrogens is 687 g/mol. The fourth-order valence-electron chi connectivity index (χ4n) is 8.34. The van der Waals surface area contributed by atoms with Crippen LogP contribution in [0.15, 0.2) is 231 Å². The summed E-state index contributed by atoms with van der Waals surface area (Å²) in [5, 5.41) is 8.60. The van der Waals surface area contributed by atoms with Gasteiger partial charge in [0, 0.05) is 12.8 Å². The van der Waals surface area contributed by atoms with Gasteiger partial charge in [-0.05, 0) is 95.1 Å². The third-order valence-corrected chi connectivity index (χ3v) is 19.8. The maximum atomic E-state index is 2.37. The minimum Gasteiger partial charge on any atom is -0.0620 e. The average Bonchev–Trinajstić information content (AvgIpc) is 3.27. The van der Waals surface area contributed by atoms with Crippen LogP contribution >= 0.6 is 14.5 Å². The Morgan fingerprint density at radius 2 is 0.426 bits per heavy atom. The van der Waals surface area contributed by atoms with Gasteiger partial charge in [-0.25, -0.2) is 0 Å². The first-order chi connectivity index (χ1) is 26.8. The van der Waals surface area contributed by atoms with Crippen molar-refractivity contribution in [2.45, 2.75) is 12.8 Å². The van der Waals surface area contributed by atoms with Gasteiger partial charge in [0.25, 0.3) is 0 Å². The van der Waals surface area contributed by atoms with Crippen LogP contribution in [-0.4, -0.2) is 12.3 Å². The zero-order valence-electron chi connectivity index (χ0n) is 30.7. The van der Waals surface area contributed by atoms with Crippen LogP contribution < -0.4 is 31.8 Å². The van der Waals surface area contributed by atoms with E-state index in [0.29, 0.717) is 0 Å². The first kappa shape index (κ1) is 35.6. The quantitative estimate of drug-likeness (QED) is 0.104. The Morgan fingerprint density at radius 1 is 0.222 bits per heavy atom. The van der Waals surface area contributed by atoms with Crippen molar-refractivity contribution >= 4 is 46.4 Å². The second-order valence-corrected chi connectivity index (χ2v) is 21.1. The molecule has 0 amide bonds. The predicted octanol–water partition coefficient (Wildman–Crippen LogP) is 10.4. The molecule has 0 aliphatic rings. The minimum atomic E-state index is -1.97. The molecule has 0 fully saturated rings. The fraction of sp³-hybridized carbons (Fsp3) is 0.0769. The summed E-state index contributed by atoms with van der Waals surface area (Å²) in [4.78, 5) is 0. The Labute approximate surface area is 322 Å². The Bertz CT molecular complexity index is 1990. The fourth-order valence-corrected chi connectivity index (χ4v) is 16.9. The lowest BCUT2D eigenvalue weighted by molar-refractivity contribution is 1.12. The van der Waals surface area contributed by atoms with Crippen LogP contribution in [0.1, 0.15) is 11.1 Å². The highest BCUT2D eigenvalue weighted by molar-refractivity contribution is 7.96. The van der Waals surface area contributed by atoms with Gasteiger partial charge < -0.3 is 0 Å². The van der Waals surface area contributed by atoms with E-state index >= 15 is 0 Å². The molecule has 8 aromatic rings. The molecule has 0 aromatic heterocycles. The average molecular weight is 733 g/mol. The van der Waals surface area contributed by atoms with Gasteiger partial charge in [0.1, 0.15) is 46.4 Å². The predicted molar refractivity (Wildman–Crippen MR) is 239 cm³/mol. The summed E-state index contributed by atoms with van der Waals surface area (Å²) < 4.78 is 0. The monoisotopic (exact) mass is 732 g/mol. The van der Waals surface area contributed by atoms with Gasteiger partial charge in [0.2, 0.25) is 0 Å². The van der Waals surface area contributed by atoms with E-state index in [2.05, 4.69) is 231 Å². The highest BCUT2D eigenvalue weighted by Crippen LogP contribution is 2.57. The molecule has 262 valence electrons. The van der Waals surface area contributed by atoms with E-state index in [1.807, 2.05) is 0 Å². The van der Waals surface area contributed by atoms with Crippen molar-refractivity contribution in [1.29, 1.82) is 0 Å². The molecule has 0 atom stereocenters. The highest BCUT2D eigenvalue weighted by atomic mass is 31.2. The van der Waals surface area contributed by atoms with Gasteiger partial charge in [-0.1, -0.05) is 158 Å². The molecule has 0 N–H and O–H groups in total. The molecule has 8 aromatic carbocycles. The Balaban J connectivity index is 1.20. The van der Waals surface area contributed by atoms with Gasteiger partial charge in [-0.3, -0.25) is 0 Å². The third kappa shape index (κ3) is 7.13. The van der Waals surface area contributed by atoms with E-state index in [1.165, 1.54) is 54.1 Å². The number of benzene rings is 8. The molecule has 0 nitrogen and oxygen atoms in total. The number of rotatable bonds is 13. The summed E-state index contributed by atoms with van der Waals surface area (Å²) in [6.45, 7) is 0. The highest BCUT2D eigenvalue weighted by Gasteiger charge is 2.46. The molecule has 2 heteroatoms. The SMILES string of the molecule is c1ccc([P+](CCc2ccccc2-c2ccccc2CC[P+](c2ccccc2)(c2ccccc2)c2ccccc2)(c2ccccc2)c2ccccc2)cc1. The first-order valence-corrected chi connectivity index (χ1v) is 23.0. The summed E-state index contributed by atoms with van der Waals surface area (Å²) in [5.41, 5.74) is 5.52. The summed E-state index contributed by atoms with van der Waals surface area (Å²) in [7, 11) is -3.95. The first-order valence-electron chi connectivity index (χ1n) is 19.1. The molecule has 0 aliphatic heterocycles. The van der Waals surface area contributed by atoms with E-state index in [4.69, 9.17) is 0 Å². The lowest BCUT2D eigenvalue weighted by Gasteiger charge is -2.28. The van der Waals surface area contributed by atoms with Crippen molar-refractivity contribution < 1.29 is 0 Å². The van der Waals surface area contributed by atoms with Crippen molar-refractivity contribution in [3.63, 3.8) is 0 Å². The topological polar surface area (TPSA) is 0 Å². The van der Waals surface area contributed by atoms with E-state index < -0.39 is 14.5 Å². The van der Waals surface area contributed by atoms with Crippen LogP contribution in [0.3, 0.4) is 0 Å². The zero-order chi connectivity index (χ0) is 36.5. The van der Waals surface area contributed by atoms with E-state index in [1.54, 1.807) is 0 Å². The standard InChI is InChI=1S/C52H46P2/c1-7-25-45(26-8-1)53(46-27-9-2-10-28-46,47-29-11-3-12-30-47)41-39-43-23-19-21-37-51(43)52-38-22-20-24-44(52)40-42-54(48-31-13-4-14-32-48,49-33-15-5-16-34-49)50-35-17-6-18-36-50/h1-38H,39-42H2/q+2. The molecule has 0 saturated heterocycles. The van der Waals surface area contributed by atoms with E-state index in [0.717, 1.165) is 25.2 Å². The molecule has 0 radical (unpaired) electrons. The van der Waals surface area contributed by atoms with Crippen molar-refractivity contribution in [2.75, 3.05) is 12.3 Å². The van der Waals surface area contributed by atoms with Gasteiger partial charge >= 0.3 is 0 Å². The second-order valence-electron chi connectivity index (χ2n) is 13.9. The molecule has 0 heterocycles. The molecular formula is C52H46P2+2. The Hall–Kier alpha value is -5.38. The molecule has 0 aliphatic carbocycles. The van der Waals surface area contributed by atoms with Crippen LogP contribution in [0.25, 0.3) is 11.1 Å². The summed E-state index contributed by atoms with van der Waals surface area (Å²) >= 11 is 0. The Kier molecular flexibility index (Phi) is 11.1. The lowest BCUT2D eigenvalue weighted by Crippen LogP contribution is -2.34. The summed E-state index contributed by atoms with van der Waals surface area (Å²) in [5.74, 6) is 0. The normalized spacial score (nSPS) is 11.6. The van der Waals surface area contributed by atoms with Crippen LogP contribution in [0.2, 0.25) is 0 Å². The molecule has 54 heavy (non-hydrogen) atoms. The lowest BCUT2D eigenvalue weighted by atomic mass is 9.93. The smallest absolute Gasteiger partial charge is 0.0620 e. The van der Waals surface area contributed by atoms with Crippen LogP contribution in [0.5, 0.6) is 0 Å². The number of aryl methyl sites for hydroxylation is 2. The molecule has 0 saturated carbocycles. The number of hydrogen-bond acceptors (Lipinski definition) is 0. The van der Waals surface area contributed by atoms with Gasteiger partial charge in [-0.15, -0.1) is 0 Å². The number of hydrogen-bond donors (Lipinski definition) is 0. The largest absolute Gasteiger partial charge is 0.112 e. The van der Waals surface area contributed by atoms with Crippen molar-refractivity contribution in [1.82, 2.24) is 0 Å². The van der Waals surface area contributed by atoms with Crippen LogP contribution in [0.4, 0.5) is 0 Å². The zero-order valence-corrected chi connectivity index (χ0v) is 32.5. The van der Waals surface area contributed by atoms with E-state index in [9.17, 15) is 0 Å².